The Morgan fingerprint density at radius 2 is 2.14 bits per heavy atom. The number of rotatable bonds is 7. The molecule has 1 aliphatic rings. The summed E-state index contributed by atoms with van der Waals surface area (Å²) in [6.45, 7) is 1.48. The van der Waals surface area contributed by atoms with Crippen LogP contribution in [0.25, 0.3) is 6.08 Å². The lowest BCUT2D eigenvalue weighted by Gasteiger charge is -2.09. The first kappa shape index (κ1) is 20.0. The minimum absolute atomic E-state index is 0.182. The van der Waals surface area contributed by atoms with Gasteiger partial charge in [-0.05, 0) is 30.2 Å². The molecule has 28 heavy (non-hydrogen) atoms. The highest BCUT2D eigenvalue weighted by Crippen LogP contribution is 2.42. The predicted molar refractivity (Wildman–Crippen MR) is 106 cm³/mol. The maximum absolute atomic E-state index is 12.8. The third-order valence-corrected chi connectivity index (χ3v) is 5.98. The molecule has 1 fully saturated rings. The summed E-state index contributed by atoms with van der Waals surface area (Å²) >= 11 is 2.46. The molecular formula is C18H17N3O5S2. The van der Waals surface area contributed by atoms with E-state index in [-0.39, 0.29) is 10.8 Å². The molecule has 0 bridgehead atoms. The number of benzene rings is 1. The van der Waals surface area contributed by atoms with Crippen LogP contribution in [0, 0.1) is 5.41 Å². The Morgan fingerprint density at radius 1 is 1.36 bits per heavy atom. The fraction of sp³-hybridized carbons (Fsp3) is 0.278. The number of carboxylic acids is 1. The second-order valence-corrected chi connectivity index (χ2v) is 7.93. The van der Waals surface area contributed by atoms with Gasteiger partial charge in [-0.1, -0.05) is 24.8 Å². The lowest BCUT2D eigenvalue weighted by Crippen LogP contribution is -2.11. The van der Waals surface area contributed by atoms with Crippen LogP contribution in [0.2, 0.25) is 0 Å². The third-order valence-electron chi connectivity index (χ3n) is 3.86. The first-order valence-electron chi connectivity index (χ1n) is 8.30. The van der Waals surface area contributed by atoms with Gasteiger partial charge in [-0.2, -0.15) is 0 Å². The van der Waals surface area contributed by atoms with Crippen molar-refractivity contribution in [1.82, 2.24) is 10.2 Å². The minimum atomic E-state index is -1.09. The van der Waals surface area contributed by atoms with Gasteiger partial charge in [0.15, 0.2) is 23.9 Å². The summed E-state index contributed by atoms with van der Waals surface area (Å²) in [4.78, 5) is 23.9. The molecule has 1 aliphatic heterocycles. The molecule has 3 rings (SSSR count). The quantitative estimate of drug-likeness (QED) is 0.657. The Morgan fingerprint density at radius 3 is 2.79 bits per heavy atom. The van der Waals surface area contributed by atoms with Gasteiger partial charge in [0.2, 0.25) is 0 Å². The van der Waals surface area contributed by atoms with Gasteiger partial charge in [-0.25, -0.2) is 4.79 Å². The number of Topliss-reactive ketones (excluding diaryl/α,β-unsaturated/α-hetero) is 1. The van der Waals surface area contributed by atoms with Gasteiger partial charge < -0.3 is 14.6 Å². The Labute approximate surface area is 169 Å². The summed E-state index contributed by atoms with van der Waals surface area (Å²) in [5.41, 5.74) is 0.676. The van der Waals surface area contributed by atoms with E-state index in [0.717, 1.165) is 23.2 Å². The molecule has 8 nitrogen and oxygen atoms in total. The van der Waals surface area contributed by atoms with Gasteiger partial charge >= 0.3 is 5.97 Å². The van der Waals surface area contributed by atoms with Crippen molar-refractivity contribution < 1.29 is 24.2 Å². The number of ketones is 1. The smallest absolute Gasteiger partial charge is 0.341 e. The van der Waals surface area contributed by atoms with Crippen molar-refractivity contribution in [3.05, 3.63) is 38.7 Å². The molecule has 0 unspecified atom stereocenters. The van der Waals surface area contributed by atoms with E-state index in [4.69, 9.17) is 20.0 Å². The van der Waals surface area contributed by atoms with E-state index in [1.54, 1.807) is 24.3 Å². The average molecular weight is 419 g/mol. The van der Waals surface area contributed by atoms with Crippen LogP contribution in [0.3, 0.4) is 0 Å². The lowest BCUT2D eigenvalue weighted by atomic mass is 10.1. The summed E-state index contributed by atoms with van der Waals surface area (Å²) in [5.74, 6) is -1.32. The molecule has 0 aliphatic carbocycles. The van der Waals surface area contributed by atoms with E-state index in [0.29, 0.717) is 27.0 Å². The summed E-state index contributed by atoms with van der Waals surface area (Å²) in [6.07, 6.45) is 2.41. The number of ether oxygens (including phenoxy) is 2. The maximum atomic E-state index is 12.8. The zero-order chi connectivity index (χ0) is 20.3. The Kier molecular flexibility index (Phi) is 6.10. The van der Waals surface area contributed by atoms with Gasteiger partial charge in [0.25, 0.3) is 0 Å². The van der Waals surface area contributed by atoms with Gasteiger partial charge in [0, 0.05) is 0 Å². The van der Waals surface area contributed by atoms with Gasteiger partial charge in [0.05, 0.1) is 17.1 Å². The van der Waals surface area contributed by atoms with Crippen molar-refractivity contribution in [3.63, 3.8) is 0 Å². The number of nitrogens with one attached hydrogen (secondary N) is 1. The monoisotopic (exact) mass is 419 g/mol. The predicted octanol–water partition coefficient (Wildman–Crippen LogP) is 2.99. The highest BCUT2D eigenvalue weighted by molar-refractivity contribution is 8.19. The summed E-state index contributed by atoms with van der Waals surface area (Å²) < 4.78 is 10.4. The number of carbonyl (C=O) groups excluding carboxylic acids is 1. The minimum Gasteiger partial charge on any atom is -0.493 e. The van der Waals surface area contributed by atoms with Crippen LogP contribution in [0.1, 0.15) is 28.4 Å². The molecule has 1 aromatic heterocycles. The summed E-state index contributed by atoms with van der Waals surface area (Å²) in [6, 6.07) is 4.92. The van der Waals surface area contributed by atoms with Crippen LogP contribution in [0.5, 0.6) is 11.5 Å². The normalized spacial score (nSPS) is 17.9. The van der Waals surface area contributed by atoms with Gasteiger partial charge in [-0.15, -0.1) is 21.5 Å². The molecule has 2 aromatic rings. The number of methoxy groups -OCH3 is 1. The molecule has 146 valence electrons. The van der Waals surface area contributed by atoms with E-state index in [9.17, 15) is 9.59 Å². The SMILES string of the molecule is CCc1nnc([C@@H]2C(=N)S/C(=C\c3ccc(OCC(=O)O)c(OC)c3)C2=O)s1. The van der Waals surface area contributed by atoms with E-state index in [1.807, 2.05) is 6.92 Å². The van der Waals surface area contributed by atoms with Gasteiger partial charge in [0.1, 0.15) is 15.9 Å². The van der Waals surface area contributed by atoms with Crippen LogP contribution in [-0.4, -0.2) is 45.8 Å². The molecule has 10 heteroatoms. The number of carboxylic acid groups (broad SMARTS) is 1. The number of nitrogens with zero attached hydrogens (tertiary/aromatic N) is 2. The summed E-state index contributed by atoms with van der Waals surface area (Å²) in [7, 11) is 1.45. The van der Waals surface area contributed by atoms with Crippen molar-refractivity contribution in [2.24, 2.45) is 0 Å². The molecule has 1 aromatic carbocycles. The number of allylic oxidation sites excluding steroid dienone is 1. The molecular weight excluding hydrogens is 402 g/mol. The highest BCUT2D eigenvalue weighted by Gasteiger charge is 2.39. The fourth-order valence-corrected chi connectivity index (χ4v) is 4.48. The number of aliphatic carboxylic acids is 1. The molecule has 0 radical (unpaired) electrons. The molecule has 0 spiro atoms. The fourth-order valence-electron chi connectivity index (χ4n) is 2.52. The Bertz CT molecular complexity index is 970. The number of aromatic nitrogens is 2. The van der Waals surface area contributed by atoms with Crippen LogP contribution < -0.4 is 9.47 Å². The number of carbonyl (C=O) groups is 2. The standard InChI is InChI=1S/C18H17N3O5S2/c1-3-13-20-21-18(28-13)15-16(24)12(27-17(15)19)7-9-4-5-10(11(6-9)25-2)26-8-14(22)23/h4-7,15,19H,3,8H2,1-2H3,(H,22,23)/b12-7-,19-17?/t15-/m0/s1. The van der Waals surface area contributed by atoms with Crippen molar-refractivity contribution in [2.45, 2.75) is 19.3 Å². The largest absolute Gasteiger partial charge is 0.493 e. The molecule has 0 saturated carbocycles. The number of thioether (sulfide) groups is 1. The van der Waals surface area contributed by atoms with Crippen LogP contribution in [0.15, 0.2) is 23.1 Å². The highest BCUT2D eigenvalue weighted by atomic mass is 32.2. The average Bonchev–Trinajstić information content (AvgIpc) is 3.24. The van der Waals surface area contributed by atoms with Crippen molar-refractivity contribution in [2.75, 3.05) is 13.7 Å². The van der Waals surface area contributed by atoms with E-state index >= 15 is 0 Å². The third kappa shape index (κ3) is 4.23. The Hall–Kier alpha value is -2.72. The molecule has 1 atom stereocenters. The summed E-state index contributed by atoms with van der Waals surface area (Å²) in [5, 5.41) is 26.6. The van der Waals surface area contributed by atoms with Crippen molar-refractivity contribution >= 4 is 46.0 Å². The van der Waals surface area contributed by atoms with Crippen molar-refractivity contribution in [1.29, 1.82) is 5.41 Å². The Balaban J connectivity index is 1.84. The number of hydrogen-bond acceptors (Lipinski definition) is 9. The first-order valence-corrected chi connectivity index (χ1v) is 9.93. The molecule has 1 saturated heterocycles. The van der Waals surface area contributed by atoms with Crippen LogP contribution >= 0.6 is 23.1 Å². The second kappa shape index (κ2) is 8.53. The molecule has 2 heterocycles. The van der Waals surface area contributed by atoms with E-state index in [2.05, 4.69) is 10.2 Å². The van der Waals surface area contributed by atoms with Crippen LogP contribution in [0.4, 0.5) is 0 Å². The molecule has 0 amide bonds. The maximum Gasteiger partial charge on any atom is 0.341 e. The van der Waals surface area contributed by atoms with Crippen molar-refractivity contribution in [3.8, 4) is 11.5 Å². The van der Waals surface area contributed by atoms with E-state index in [1.165, 1.54) is 18.4 Å². The van der Waals surface area contributed by atoms with E-state index < -0.39 is 18.5 Å². The first-order chi connectivity index (χ1) is 13.4. The number of hydrogen-bond donors (Lipinski definition) is 2. The number of aryl methyl sites for hydroxylation is 1. The molecule has 2 N–H and O–H groups in total. The van der Waals surface area contributed by atoms with Gasteiger partial charge in [-0.3, -0.25) is 10.2 Å². The topological polar surface area (TPSA) is 122 Å². The lowest BCUT2D eigenvalue weighted by molar-refractivity contribution is -0.139. The second-order valence-electron chi connectivity index (χ2n) is 5.75. The zero-order valence-electron chi connectivity index (χ0n) is 15.1. The van der Waals surface area contributed by atoms with Crippen LogP contribution in [-0.2, 0) is 16.0 Å². The zero-order valence-corrected chi connectivity index (χ0v) is 16.7.